The average Bonchev–Trinajstić information content (AvgIpc) is 2.92. The summed E-state index contributed by atoms with van der Waals surface area (Å²) in [7, 11) is 0. The van der Waals surface area contributed by atoms with Gasteiger partial charge in [0.15, 0.2) is 0 Å². The van der Waals surface area contributed by atoms with Crippen LogP contribution >= 0.6 is 0 Å². The zero-order chi connectivity index (χ0) is 12.5. The molecule has 0 saturated heterocycles. The Hall–Kier alpha value is -1.28. The van der Waals surface area contributed by atoms with Crippen LogP contribution in [0.2, 0.25) is 0 Å². The normalized spacial score (nSPS) is 15.1. The van der Waals surface area contributed by atoms with E-state index < -0.39 is 0 Å². The van der Waals surface area contributed by atoms with E-state index in [0.29, 0.717) is 0 Å². The topological polar surface area (TPSA) is 12.5 Å². The molecule has 1 aliphatic rings. The lowest BCUT2D eigenvalue weighted by Crippen LogP contribution is -2.20. The van der Waals surface area contributed by atoms with E-state index in [4.69, 9.17) is 4.74 Å². The van der Waals surface area contributed by atoms with Crippen molar-refractivity contribution < 1.29 is 4.74 Å². The minimum atomic E-state index is 0.843. The number of hydrogen-bond acceptors (Lipinski definition) is 2. The first-order valence-corrected chi connectivity index (χ1v) is 7.00. The van der Waals surface area contributed by atoms with Crippen molar-refractivity contribution >= 4 is 0 Å². The van der Waals surface area contributed by atoms with Gasteiger partial charge in [-0.25, -0.2) is 0 Å². The second-order valence-electron chi connectivity index (χ2n) is 4.81. The summed E-state index contributed by atoms with van der Waals surface area (Å²) in [5, 5.41) is 0. The Labute approximate surface area is 110 Å². The highest BCUT2D eigenvalue weighted by Crippen LogP contribution is 2.10. The Morgan fingerprint density at radius 1 is 0.889 bits per heavy atom. The van der Waals surface area contributed by atoms with Crippen molar-refractivity contribution in [3.8, 4) is 5.75 Å². The van der Waals surface area contributed by atoms with Crippen molar-refractivity contribution in [3.05, 3.63) is 42.5 Å². The van der Waals surface area contributed by atoms with Crippen LogP contribution in [0, 0.1) is 0 Å². The summed E-state index contributed by atoms with van der Waals surface area (Å²) >= 11 is 0. The van der Waals surface area contributed by atoms with E-state index in [2.05, 4.69) is 17.1 Å². The largest absolute Gasteiger partial charge is 0.494 e. The predicted molar refractivity (Wildman–Crippen MR) is 76.0 cm³/mol. The Balaban J connectivity index is 1.42. The van der Waals surface area contributed by atoms with Crippen LogP contribution < -0.4 is 4.74 Å². The van der Waals surface area contributed by atoms with Crippen molar-refractivity contribution in [2.24, 2.45) is 0 Å². The lowest BCUT2D eigenvalue weighted by atomic mass is 10.2. The quantitative estimate of drug-likeness (QED) is 0.513. The Kier molecular flexibility index (Phi) is 5.80. The van der Waals surface area contributed by atoms with Gasteiger partial charge in [-0.15, -0.1) is 0 Å². The first-order chi connectivity index (χ1) is 8.95. The van der Waals surface area contributed by atoms with Gasteiger partial charge in [0.25, 0.3) is 0 Å². The second-order valence-corrected chi connectivity index (χ2v) is 4.81. The van der Waals surface area contributed by atoms with E-state index >= 15 is 0 Å². The van der Waals surface area contributed by atoms with E-state index in [1.807, 2.05) is 30.3 Å². The number of unbranched alkanes of at least 4 members (excludes halogenated alkanes) is 3. The molecule has 0 radical (unpaired) electrons. The SMILES string of the molecule is C1=CCN(CCCCCCOc2ccccc2)C1. The van der Waals surface area contributed by atoms with Gasteiger partial charge in [-0.1, -0.05) is 43.2 Å². The first-order valence-electron chi connectivity index (χ1n) is 7.00. The van der Waals surface area contributed by atoms with Crippen molar-refractivity contribution in [2.45, 2.75) is 25.7 Å². The van der Waals surface area contributed by atoms with E-state index in [-0.39, 0.29) is 0 Å². The third-order valence-electron chi connectivity index (χ3n) is 3.27. The molecule has 1 heterocycles. The summed E-state index contributed by atoms with van der Waals surface area (Å²) in [4.78, 5) is 2.49. The number of rotatable bonds is 8. The van der Waals surface area contributed by atoms with Crippen LogP contribution in [-0.2, 0) is 0 Å². The molecular weight excluding hydrogens is 222 g/mol. The van der Waals surface area contributed by atoms with E-state index in [1.54, 1.807) is 0 Å². The van der Waals surface area contributed by atoms with Crippen LogP contribution in [0.4, 0.5) is 0 Å². The predicted octanol–water partition coefficient (Wildman–Crippen LogP) is 3.50. The molecule has 98 valence electrons. The summed E-state index contributed by atoms with van der Waals surface area (Å²) in [6, 6.07) is 10.1. The summed E-state index contributed by atoms with van der Waals surface area (Å²) in [6.07, 6.45) is 9.57. The average molecular weight is 245 g/mol. The number of benzene rings is 1. The summed E-state index contributed by atoms with van der Waals surface area (Å²) in [6.45, 7) is 4.38. The molecule has 0 fully saturated rings. The lowest BCUT2D eigenvalue weighted by Gasteiger charge is -2.13. The van der Waals surface area contributed by atoms with E-state index in [1.165, 1.54) is 25.8 Å². The van der Waals surface area contributed by atoms with Gasteiger partial charge in [-0.3, -0.25) is 4.90 Å². The number of hydrogen-bond donors (Lipinski definition) is 0. The van der Waals surface area contributed by atoms with Gasteiger partial charge >= 0.3 is 0 Å². The molecule has 2 rings (SSSR count). The standard InChI is InChI=1S/C16H23NO/c1(6-12-17-13-7-8-14-17)2-9-15-18-16-10-4-3-5-11-16/h3-5,7-8,10-11H,1-2,6,9,12-15H2. The smallest absolute Gasteiger partial charge is 0.119 e. The molecule has 0 atom stereocenters. The number of ether oxygens (including phenoxy) is 1. The van der Waals surface area contributed by atoms with Gasteiger partial charge in [0.05, 0.1) is 6.61 Å². The van der Waals surface area contributed by atoms with E-state index in [0.717, 1.165) is 31.9 Å². The van der Waals surface area contributed by atoms with Crippen molar-refractivity contribution in [1.82, 2.24) is 4.90 Å². The third-order valence-corrected chi connectivity index (χ3v) is 3.27. The van der Waals surface area contributed by atoms with Gasteiger partial charge in [-0.2, -0.15) is 0 Å². The molecule has 0 spiro atoms. The molecule has 1 aromatic rings. The van der Waals surface area contributed by atoms with E-state index in [9.17, 15) is 0 Å². The number of nitrogens with zero attached hydrogens (tertiary/aromatic N) is 1. The molecular formula is C16H23NO. The maximum absolute atomic E-state index is 5.67. The van der Waals surface area contributed by atoms with Crippen LogP contribution in [0.1, 0.15) is 25.7 Å². The van der Waals surface area contributed by atoms with Crippen LogP contribution in [0.25, 0.3) is 0 Å². The Morgan fingerprint density at radius 2 is 1.61 bits per heavy atom. The van der Waals surface area contributed by atoms with Gasteiger partial charge in [0, 0.05) is 13.1 Å². The molecule has 0 aliphatic carbocycles. The fourth-order valence-electron chi connectivity index (χ4n) is 2.20. The van der Waals surface area contributed by atoms with Gasteiger partial charge in [0.2, 0.25) is 0 Å². The van der Waals surface area contributed by atoms with Crippen LogP contribution in [0.5, 0.6) is 5.75 Å². The highest BCUT2D eigenvalue weighted by atomic mass is 16.5. The molecule has 18 heavy (non-hydrogen) atoms. The zero-order valence-electron chi connectivity index (χ0n) is 11.1. The monoisotopic (exact) mass is 245 g/mol. The highest BCUT2D eigenvalue weighted by Gasteiger charge is 2.04. The molecule has 1 aromatic carbocycles. The van der Waals surface area contributed by atoms with Crippen molar-refractivity contribution in [2.75, 3.05) is 26.2 Å². The minimum absolute atomic E-state index is 0.843. The van der Waals surface area contributed by atoms with Crippen LogP contribution in [0.3, 0.4) is 0 Å². The molecule has 0 amide bonds. The van der Waals surface area contributed by atoms with Gasteiger partial charge < -0.3 is 4.74 Å². The maximum atomic E-state index is 5.67. The highest BCUT2D eigenvalue weighted by molar-refractivity contribution is 5.20. The molecule has 0 saturated carbocycles. The fourth-order valence-corrected chi connectivity index (χ4v) is 2.20. The Bertz CT molecular complexity index is 339. The molecule has 2 heteroatoms. The zero-order valence-corrected chi connectivity index (χ0v) is 11.1. The van der Waals surface area contributed by atoms with Crippen LogP contribution in [-0.4, -0.2) is 31.1 Å². The van der Waals surface area contributed by atoms with Crippen molar-refractivity contribution in [3.63, 3.8) is 0 Å². The van der Waals surface area contributed by atoms with Crippen LogP contribution in [0.15, 0.2) is 42.5 Å². The summed E-state index contributed by atoms with van der Waals surface area (Å²) < 4.78 is 5.67. The lowest BCUT2D eigenvalue weighted by molar-refractivity contribution is 0.299. The van der Waals surface area contributed by atoms with Gasteiger partial charge in [0.1, 0.15) is 5.75 Å². The molecule has 0 unspecified atom stereocenters. The molecule has 2 nitrogen and oxygen atoms in total. The van der Waals surface area contributed by atoms with Crippen molar-refractivity contribution in [1.29, 1.82) is 0 Å². The summed E-state index contributed by atoms with van der Waals surface area (Å²) in [5.74, 6) is 0.987. The minimum Gasteiger partial charge on any atom is -0.494 e. The fraction of sp³-hybridized carbons (Fsp3) is 0.500. The third kappa shape index (κ3) is 4.92. The molecule has 0 bridgehead atoms. The molecule has 1 aliphatic heterocycles. The maximum Gasteiger partial charge on any atom is 0.119 e. The second kappa shape index (κ2) is 7.93. The molecule has 0 aromatic heterocycles. The summed E-state index contributed by atoms with van der Waals surface area (Å²) in [5.41, 5.74) is 0. The Morgan fingerprint density at radius 3 is 2.39 bits per heavy atom. The molecule has 0 N–H and O–H groups in total. The first kappa shape index (κ1) is 13.2. The van der Waals surface area contributed by atoms with Gasteiger partial charge in [-0.05, 0) is 31.5 Å². The number of para-hydroxylation sites is 1.